The third kappa shape index (κ3) is 5.13. The largest absolute Gasteiger partial charge is 0.341 e. The van der Waals surface area contributed by atoms with E-state index in [-0.39, 0.29) is 5.91 Å². The Morgan fingerprint density at radius 1 is 1.00 bits per heavy atom. The summed E-state index contributed by atoms with van der Waals surface area (Å²) in [5.74, 6) is 0.220. The van der Waals surface area contributed by atoms with E-state index >= 15 is 0 Å². The Morgan fingerprint density at radius 3 is 1.89 bits per heavy atom. The first kappa shape index (κ1) is 16.5. The van der Waals surface area contributed by atoms with Gasteiger partial charge in [-0.3, -0.25) is 4.79 Å². The third-order valence-corrected chi connectivity index (χ3v) is 4.27. The summed E-state index contributed by atoms with van der Waals surface area (Å²) in [6, 6.07) is 0. The van der Waals surface area contributed by atoms with Gasteiger partial charge in [-0.1, -0.05) is 52.4 Å². The van der Waals surface area contributed by atoms with Gasteiger partial charge in [0.15, 0.2) is 0 Å². The third-order valence-electron chi connectivity index (χ3n) is 4.27. The molecular formula is C16H32N2O. The van der Waals surface area contributed by atoms with Crippen LogP contribution >= 0.6 is 0 Å². The molecule has 112 valence electrons. The summed E-state index contributed by atoms with van der Waals surface area (Å²) in [6.45, 7) is 6.19. The molecule has 0 aromatic rings. The van der Waals surface area contributed by atoms with E-state index in [4.69, 9.17) is 5.73 Å². The van der Waals surface area contributed by atoms with Crippen LogP contribution in [0.3, 0.4) is 0 Å². The van der Waals surface area contributed by atoms with Crippen LogP contribution in [0.1, 0.15) is 78.1 Å². The number of nitrogens with zero attached hydrogens (tertiary/aromatic N) is 1. The average Bonchev–Trinajstić information content (AvgIpc) is 2.85. The van der Waals surface area contributed by atoms with E-state index in [9.17, 15) is 4.79 Å². The van der Waals surface area contributed by atoms with Gasteiger partial charge in [0, 0.05) is 13.1 Å². The van der Waals surface area contributed by atoms with Crippen LogP contribution in [-0.2, 0) is 4.79 Å². The Hall–Kier alpha value is -0.570. The van der Waals surface area contributed by atoms with Crippen molar-refractivity contribution < 1.29 is 4.79 Å². The average molecular weight is 268 g/mol. The molecular weight excluding hydrogens is 236 g/mol. The van der Waals surface area contributed by atoms with Crippen molar-refractivity contribution in [1.82, 2.24) is 4.90 Å². The molecule has 3 nitrogen and oxygen atoms in total. The molecule has 1 aliphatic rings. The van der Waals surface area contributed by atoms with Gasteiger partial charge in [0.25, 0.3) is 0 Å². The highest BCUT2D eigenvalue weighted by molar-refractivity contribution is 5.86. The second kappa shape index (κ2) is 8.57. The second-order valence-electron chi connectivity index (χ2n) is 6.07. The maximum atomic E-state index is 12.7. The topological polar surface area (TPSA) is 46.3 Å². The SMILES string of the molecule is CCCCCN(CCCCC)C(=O)C1(N)CCCC1. The normalized spacial score (nSPS) is 17.6. The van der Waals surface area contributed by atoms with Gasteiger partial charge in [-0.05, 0) is 25.7 Å². The van der Waals surface area contributed by atoms with E-state index in [1.165, 1.54) is 25.7 Å². The van der Waals surface area contributed by atoms with Gasteiger partial charge in [-0.2, -0.15) is 0 Å². The van der Waals surface area contributed by atoms with Crippen LogP contribution in [0.5, 0.6) is 0 Å². The Labute approximate surface area is 118 Å². The lowest BCUT2D eigenvalue weighted by molar-refractivity contribution is -0.137. The van der Waals surface area contributed by atoms with Gasteiger partial charge in [0.05, 0.1) is 5.54 Å². The first-order valence-electron chi connectivity index (χ1n) is 8.22. The first-order valence-corrected chi connectivity index (χ1v) is 8.22. The van der Waals surface area contributed by atoms with Crippen molar-refractivity contribution in [3.05, 3.63) is 0 Å². The molecule has 3 heteroatoms. The number of carbonyl (C=O) groups excluding carboxylic acids is 1. The monoisotopic (exact) mass is 268 g/mol. The van der Waals surface area contributed by atoms with E-state index in [2.05, 4.69) is 18.7 Å². The van der Waals surface area contributed by atoms with Crippen molar-refractivity contribution in [3.63, 3.8) is 0 Å². The van der Waals surface area contributed by atoms with Crippen LogP contribution in [0.15, 0.2) is 0 Å². The summed E-state index contributed by atoms with van der Waals surface area (Å²) >= 11 is 0. The van der Waals surface area contributed by atoms with Gasteiger partial charge in [-0.15, -0.1) is 0 Å². The van der Waals surface area contributed by atoms with E-state index in [1.807, 2.05) is 0 Å². The molecule has 0 spiro atoms. The summed E-state index contributed by atoms with van der Waals surface area (Å²) in [5.41, 5.74) is 5.78. The molecule has 1 saturated carbocycles. The van der Waals surface area contributed by atoms with Crippen LogP contribution in [0.4, 0.5) is 0 Å². The van der Waals surface area contributed by atoms with Gasteiger partial charge in [-0.25, -0.2) is 0 Å². The van der Waals surface area contributed by atoms with Crippen molar-refractivity contribution in [3.8, 4) is 0 Å². The molecule has 0 saturated heterocycles. The number of hydrogen-bond donors (Lipinski definition) is 1. The molecule has 0 atom stereocenters. The van der Waals surface area contributed by atoms with Crippen LogP contribution in [-0.4, -0.2) is 29.4 Å². The standard InChI is InChI=1S/C16H32N2O/c1-3-5-9-13-18(14-10-6-4-2)15(19)16(17)11-7-8-12-16/h3-14,17H2,1-2H3. The second-order valence-corrected chi connectivity index (χ2v) is 6.07. The van der Waals surface area contributed by atoms with E-state index in [1.54, 1.807) is 0 Å². The molecule has 0 heterocycles. The molecule has 1 rings (SSSR count). The quantitative estimate of drug-likeness (QED) is 0.651. The smallest absolute Gasteiger partial charge is 0.242 e. The molecule has 0 aromatic heterocycles. The zero-order chi connectivity index (χ0) is 14.1. The predicted octanol–water partition coefficient (Wildman–Crippen LogP) is 3.47. The molecule has 0 bridgehead atoms. The Bertz CT molecular complexity index is 249. The van der Waals surface area contributed by atoms with Crippen molar-refractivity contribution in [1.29, 1.82) is 0 Å². The van der Waals surface area contributed by atoms with Crippen molar-refractivity contribution in [2.45, 2.75) is 83.6 Å². The number of nitrogens with two attached hydrogens (primary N) is 1. The molecule has 0 aliphatic heterocycles. The lowest BCUT2D eigenvalue weighted by Crippen LogP contribution is -2.54. The highest BCUT2D eigenvalue weighted by Gasteiger charge is 2.39. The first-order chi connectivity index (χ1) is 9.14. The van der Waals surface area contributed by atoms with Crippen LogP contribution in [0.25, 0.3) is 0 Å². The Balaban J connectivity index is 2.52. The summed E-state index contributed by atoms with van der Waals surface area (Å²) in [4.78, 5) is 14.7. The van der Waals surface area contributed by atoms with E-state index in [0.717, 1.165) is 51.6 Å². The summed E-state index contributed by atoms with van der Waals surface area (Å²) in [5, 5.41) is 0. The van der Waals surface area contributed by atoms with E-state index in [0.29, 0.717) is 0 Å². The van der Waals surface area contributed by atoms with E-state index < -0.39 is 5.54 Å². The summed E-state index contributed by atoms with van der Waals surface area (Å²) in [7, 11) is 0. The van der Waals surface area contributed by atoms with Crippen LogP contribution < -0.4 is 5.73 Å². The molecule has 1 fully saturated rings. The molecule has 0 radical (unpaired) electrons. The fraction of sp³-hybridized carbons (Fsp3) is 0.938. The Kier molecular flexibility index (Phi) is 7.44. The maximum Gasteiger partial charge on any atom is 0.242 e. The molecule has 0 aromatic carbocycles. The fourth-order valence-electron chi connectivity index (χ4n) is 2.95. The minimum atomic E-state index is -0.543. The van der Waals surface area contributed by atoms with Crippen molar-refractivity contribution in [2.24, 2.45) is 5.73 Å². The number of amides is 1. The fourth-order valence-corrected chi connectivity index (χ4v) is 2.95. The minimum Gasteiger partial charge on any atom is -0.341 e. The zero-order valence-corrected chi connectivity index (χ0v) is 12.9. The maximum absolute atomic E-state index is 12.7. The van der Waals surface area contributed by atoms with Crippen molar-refractivity contribution in [2.75, 3.05) is 13.1 Å². The van der Waals surface area contributed by atoms with Gasteiger partial charge >= 0.3 is 0 Å². The minimum absolute atomic E-state index is 0.220. The molecule has 0 unspecified atom stereocenters. The number of hydrogen-bond acceptors (Lipinski definition) is 2. The molecule has 1 amide bonds. The summed E-state index contributed by atoms with van der Waals surface area (Å²) < 4.78 is 0. The summed E-state index contributed by atoms with van der Waals surface area (Å²) in [6.07, 6.45) is 11.0. The highest BCUT2D eigenvalue weighted by atomic mass is 16.2. The number of unbranched alkanes of at least 4 members (excludes halogenated alkanes) is 4. The van der Waals surface area contributed by atoms with Crippen LogP contribution in [0, 0.1) is 0 Å². The lowest BCUT2D eigenvalue weighted by atomic mass is 9.96. The Morgan fingerprint density at radius 2 is 1.47 bits per heavy atom. The number of rotatable bonds is 9. The zero-order valence-electron chi connectivity index (χ0n) is 12.9. The van der Waals surface area contributed by atoms with Gasteiger partial charge < -0.3 is 10.6 Å². The van der Waals surface area contributed by atoms with Crippen molar-refractivity contribution >= 4 is 5.91 Å². The predicted molar refractivity (Wildman–Crippen MR) is 81.0 cm³/mol. The van der Waals surface area contributed by atoms with Crippen LogP contribution in [0.2, 0.25) is 0 Å². The highest BCUT2D eigenvalue weighted by Crippen LogP contribution is 2.29. The lowest BCUT2D eigenvalue weighted by Gasteiger charge is -2.31. The molecule has 1 aliphatic carbocycles. The molecule has 19 heavy (non-hydrogen) atoms. The van der Waals surface area contributed by atoms with Gasteiger partial charge in [0.2, 0.25) is 5.91 Å². The van der Waals surface area contributed by atoms with Gasteiger partial charge in [0.1, 0.15) is 0 Å². The number of carbonyl (C=O) groups is 1. The molecule has 2 N–H and O–H groups in total.